The van der Waals surface area contributed by atoms with Gasteiger partial charge in [0.2, 0.25) is 0 Å². The summed E-state index contributed by atoms with van der Waals surface area (Å²) in [7, 11) is 0. The number of aliphatic hydroxyl groups excluding tert-OH is 1. The molecule has 0 unspecified atom stereocenters. The number of hydrogen-bond donors (Lipinski definition) is 1. The first-order valence-corrected chi connectivity index (χ1v) is 15.7. The van der Waals surface area contributed by atoms with Crippen molar-refractivity contribution in [2.75, 3.05) is 0 Å². The maximum atomic E-state index is 11.7. The molecule has 1 heterocycles. The Kier molecular flexibility index (Phi) is 11.2. The van der Waals surface area contributed by atoms with Crippen LogP contribution in [0.1, 0.15) is 105 Å². The maximum Gasteiger partial charge on any atom is 0.162 e. The van der Waals surface area contributed by atoms with Crippen LogP contribution in [0.2, 0.25) is 0 Å². The Labute approximate surface area is 272 Å². The van der Waals surface area contributed by atoms with Gasteiger partial charge in [0, 0.05) is 49.6 Å². The number of pyridine rings is 1. The van der Waals surface area contributed by atoms with Gasteiger partial charge in [0.25, 0.3) is 0 Å². The second-order valence-corrected chi connectivity index (χ2v) is 13.3. The summed E-state index contributed by atoms with van der Waals surface area (Å²) in [5.74, 6) is 0.547. The van der Waals surface area contributed by atoms with Crippen LogP contribution in [-0.2, 0) is 35.7 Å². The van der Waals surface area contributed by atoms with Gasteiger partial charge in [0.1, 0.15) is 0 Å². The molecule has 4 aromatic rings. The van der Waals surface area contributed by atoms with Crippen molar-refractivity contribution in [2.24, 2.45) is 11.8 Å². The summed E-state index contributed by atoms with van der Waals surface area (Å²) in [6.45, 7) is 19.6. The van der Waals surface area contributed by atoms with Gasteiger partial charge in [0.15, 0.2) is 5.78 Å². The van der Waals surface area contributed by atoms with Crippen molar-refractivity contribution in [3.8, 4) is 11.3 Å². The monoisotopic (exact) mass is 755 g/mol. The van der Waals surface area contributed by atoms with E-state index in [2.05, 4.69) is 83.1 Å². The number of aromatic nitrogens is 1. The molecule has 0 fully saturated rings. The molecule has 0 amide bonds. The zero-order valence-corrected chi connectivity index (χ0v) is 29.8. The van der Waals surface area contributed by atoms with Gasteiger partial charge in [-0.3, -0.25) is 4.79 Å². The molecule has 4 heteroatoms. The van der Waals surface area contributed by atoms with E-state index in [1.807, 2.05) is 40.0 Å². The summed E-state index contributed by atoms with van der Waals surface area (Å²) in [6, 6.07) is 21.2. The predicted octanol–water partition coefficient (Wildman–Crippen LogP) is 10.7. The van der Waals surface area contributed by atoms with Crippen LogP contribution in [-0.4, -0.2) is 15.9 Å². The normalized spacial score (nSPS) is 13.9. The van der Waals surface area contributed by atoms with Crippen LogP contribution in [0.5, 0.6) is 0 Å². The second kappa shape index (κ2) is 13.9. The van der Waals surface area contributed by atoms with Gasteiger partial charge in [0.05, 0.1) is 5.76 Å². The predicted molar refractivity (Wildman–Crippen MR) is 178 cm³/mol. The summed E-state index contributed by atoms with van der Waals surface area (Å²) in [5, 5.41) is 14.9. The standard InChI is InChI=1S/C26H24N.C13H24O2.Ir/c1-25(2,3)18-13-12-17-15-27-24-19-10-6-8-16-9-7-11-21(22(16)19)26(4,5)23(24)20(17)14-18;1-5-10(6-2)12(14)9-13(15)11(7-3)8-4;/h6-9,11-15H,1-5H3;9-11,14H,5-8H2,1-4H3;/q-1;;/b;12-9-;. The van der Waals surface area contributed by atoms with Gasteiger partial charge in [-0.15, -0.1) is 29.1 Å². The quantitative estimate of drug-likeness (QED) is 0.116. The Morgan fingerprint density at radius 1 is 0.953 bits per heavy atom. The molecule has 3 aromatic carbocycles. The number of benzene rings is 3. The van der Waals surface area contributed by atoms with E-state index in [0.29, 0.717) is 0 Å². The van der Waals surface area contributed by atoms with Crippen LogP contribution < -0.4 is 0 Å². The molecule has 1 N–H and O–H groups in total. The Morgan fingerprint density at radius 2 is 1.60 bits per heavy atom. The molecular weight excluding hydrogens is 707 g/mol. The van der Waals surface area contributed by atoms with E-state index < -0.39 is 0 Å². The third-order valence-corrected chi connectivity index (χ3v) is 9.21. The number of rotatable bonds is 7. The van der Waals surface area contributed by atoms with Crippen molar-refractivity contribution in [1.29, 1.82) is 0 Å². The number of allylic oxidation sites excluding steroid dienone is 2. The molecule has 1 aliphatic carbocycles. The van der Waals surface area contributed by atoms with E-state index in [9.17, 15) is 9.90 Å². The fourth-order valence-corrected chi connectivity index (χ4v) is 6.40. The van der Waals surface area contributed by atoms with Gasteiger partial charge in [-0.1, -0.05) is 110 Å². The smallest absolute Gasteiger partial charge is 0.162 e. The number of fused-ring (bicyclic) bond motifs is 4. The molecule has 5 rings (SSSR count). The zero-order chi connectivity index (χ0) is 30.8. The van der Waals surface area contributed by atoms with Crippen molar-refractivity contribution in [3.63, 3.8) is 0 Å². The molecule has 0 saturated carbocycles. The largest absolute Gasteiger partial charge is 0.512 e. The van der Waals surface area contributed by atoms with Crippen molar-refractivity contribution in [3.05, 3.63) is 89.3 Å². The Hall–Kier alpha value is -2.81. The fraction of sp³-hybridized carbons (Fsp3) is 0.436. The van der Waals surface area contributed by atoms with E-state index in [-0.39, 0.29) is 54.3 Å². The van der Waals surface area contributed by atoms with E-state index in [1.165, 1.54) is 44.3 Å². The Balaban J connectivity index is 0.000000274. The minimum atomic E-state index is -0.111. The Morgan fingerprint density at radius 3 is 2.21 bits per heavy atom. The zero-order valence-electron chi connectivity index (χ0n) is 27.4. The van der Waals surface area contributed by atoms with E-state index in [4.69, 9.17) is 4.98 Å². The molecule has 0 spiro atoms. The molecule has 0 aliphatic heterocycles. The van der Waals surface area contributed by atoms with Gasteiger partial charge in [-0.2, -0.15) is 0 Å². The van der Waals surface area contributed by atoms with Crippen molar-refractivity contribution >= 4 is 27.3 Å². The maximum absolute atomic E-state index is 11.7. The van der Waals surface area contributed by atoms with Crippen LogP contribution >= 0.6 is 0 Å². The van der Waals surface area contributed by atoms with Crippen LogP contribution in [0.4, 0.5) is 0 Å². The molecule has 0 saturated heterocycles. The van der Waals surface area contributed by atoms with E-state index in [1.54, 1.807) is 0 Å². The van der Waals surface area contributed by atoms with Crippen molar-refractivity contribution < 1.29 is 30.0 Å². The first-order chi connectivity index (χ1) is 19.9. The summed E-state index contributed by atoms with van der Waals surface area (Å²) in [5.41, 5.74) is 6.29. The van der Waals surface area contributed by atoms with E-state index in [0.717, 1.165) is 36.9 Å². The average Bonchev–Trinajstić information content (AvgIpc) is 2.96. The minimum absolute atomic E-state index is 0. The van der Waals surface area contributed by atoms with Crippen molar-refractivity contribution in [1.82, 2.24) is 4.98 Å². The molecule has 1 radical (unpaired) electrons. The van der Waals surface area contributed by atoms with Gasteiger partial charge < -0.3 is 10.1 Å². The molecule has 231 valence electrons. The summed E-state index contributed by atoms with van der Waals surface area (Å²) in [4.78, 5) is 16.6. The van der Waals surface area contributed by atoms with Crippen LogP contribution in [0.15, 0.2) is 66.6 Å². The molecule has 1 aromatic heterocycles. The number of hydrogen-bond acceptors (Lipinski definition) is 3. The summed E-state index contributed by atoms with van der Waals surface area (Å²) in [6.07, 6.45) is 6.93. The first-order valence-electron chi connectivity index (χ1n) is 15.7. The van der Waals surface area contributed by atoms with Crippen LogP contribution in [0, 0.1) is 17.9 Å². The topological polar surface area (TPSA) is 50.2 Å². The van der Waals surface area contributed by atoms with Crippen molar-refractivity contribution in [2.45, 2.75) is 98.8 Å². The van der Waals surface area contributed by atoms with Crippen LogP contribution in [0.25, 0.3) is 32.8 Å². The Bertz CT molecular complexity index is 1610. The number of ketones is 1. The minimum Gasteiger partial charge on any atom is -0.512 e. The third-order valence-electron chi connectivity index (χ3n) is 9.21. The second-order valence-electron chi connectivity index (χ2n) is 13.3. The molecular formula is C39H48IrNO2-. The number of carbonyl (C=O) groups excluding carboxylic acids is 1. The average molecular weight is 755 g/mol. The first kappa shape index (κ1) is 34.7. The summed E-state index contributed by atoms with van der Waals surface area (Å²) < 4.78 is 0. The summed E-state index contributed by atoms with van der Waals surface area (Å²) >= 11 is 0. The molecule has 3 nitrogen and oxygen atoms in total. The third kappa shape index (κ3) is 6.81. The number of aliphatic hydroxyl groups is 1. The van der Waals surface area contributed by atoms with E-state index >= 15 is 0 Å². The number of carbonyl (C=O) groups is 1. The van der Waals surface area contributed by atoms with Gasteiger partial charge in [-0.25, -0.2) is 0 Å². The molecule has 43 heavy (non-hydrogen) atoms. The van der Waals surface area contributed by atoms with Gasteiger partial charge in [-0.05, 0) is 58.7 Å². The fourth-order valence-electron chi connectivity index (χ4n) is 6.40. The molecule has 1 aliphatic rings. The molecule has 0 bridgehead atoms. The molecule has 0 atom stereocenters. The number of nitrogens with zero attached hydrogens (tertiary/aromatic N) is 1. The SMILES string of the molecule is CC(C)(C)c1ccc2cnc3c(c2c1)C(C)(C)c1cccc2cc[c-]c-3c12.CCC(CC)C(=O)/C=C(\O)C(CC)CC.[Ir]. The van der Waals surface area contributed by atoms with Gasteiger partial charge >= 0.3 is 0 Å². The van der Waals surface area contributed by atoms with Crippen LogP contribution in [0.3, 0.4) is 0 Å².